The zero-order valence-electron chi connectivity index (χ0n) is 8.04. The SMILES string of the molecule is CC(C)CC(=O)c1ccc(CN)o1. The second-order valence-electron chi connectivity index (χ2n) is 3.49. The highest BCUT2D eigenvalue weighted by Gasteiger charge is 2.11. The summed E-state index contributed by atoms with van der Waals surface area (Å²) in [5.41, 5.74) is 5.36. The van der Waals surface area contributed by atoms with E-state index >= 15 is 0 Å². The number of carbonyl (C=O) groups is 1. The minimum Gasteiger partial charge on any atom is -0.457 e. The van der Waals surface area contributed by atoms with Gasteiger partial charge in [0.2, 0.25) is 0 Å². The molecule has 0 bridgehead atoms. The van der Waals surface area contributed by atoms with E-state index in [0.717, 1.165) is 0 Å². The Labute approximate surface area is 77.9 Å². The number of furan rings is 1. The van der Waals surface area contributed by atoms with Crippen LogP contribution in [0.5, 0.6) is 0 Å². The van der Waals surface area contributed by atoms with Gasteiger partial charge in [-0.2, -0.15) is 0 Å². The summed E-state index contributed by atoms with van der Waals surface area (Å²) in [5, 5.41) is 0. The van der Waals surface area contributed by atoms with Gasteiger partial charge in [0.05, 0.1) is 6.54 Å². The Morgan fingerprint density at radius 2 is 2.23 bits per heavy atom. The first-order valence-corrected chi connectivity index (χ1v) is 4.45. The van der Waals surface area contributed by atoms with E-state index in [1.807, 2.05) is 13.8 Å². The van der Waals surface area contributed by atoms with Gasteiger partial charge in [-0.15, -0.1) is 0 Å². The minimum atomic E-state index is 0.0506. The molecule has 3 heteroatoms. The number of hydrogen-bond donors (Lipinski definition) is 1. The molecule has 0 atom stereocenters. The average molecular weight is 181 g/mol. The molecule has 13 heavy (non-hydrogen) atoms. The first-order chi connectivity index (χ1) is 6.13. The van der Waals surface area contributed by atoms with Gasteiger partial charge >= 0.3 is 0 Å². The van der Waals surface area contributed by atoms with Gasteiger partial charge < -0.3 is 10.2 Å². The second-order valence-corrected chi connectivity index (χ2v) is 3.49. The van der Waals surface area contributed by atoms with Gasteiger partial charge in [-0.25, -0.2) is 0 Å². The molecule has 0 fully saturated rings. The molecule has 3 nitrogen and oxygen atoms in total. The summed E-state index contributed by atoms with van der Waals surface area (Å²) in [4.78, 5) is 11.4. The Balaban J connectivity index is 2.66. The summed E-state index contributed by atoms with van der Waals surface area (Å²) >= 11 is 0. The molecule has 0 saturated heterocycles. The van der Waals surface area contributed by atoms with E-state index in [2.05, 4.69) is 0 Å². The smallest absolute Gasteiger partial charge is 0.198 e. The molecule has 0 aliphatic carbocycles. The molecule has 0 spiro atoms. The lowest BCUT2D eigenvalue weighted by atomic mass is 10.1. The van der Waals surface area contributed by atoms with Gasteiger partial charge in [0.1, 0.15) is 5.76 Å². The third-order valence-corrected chi connectivity index (χ3v) is 1.73. The van der Waals surface area contributed by atoms with Gasteiger partial charge in [-0.3, -0.25) is 4.79 Å². The number of carbonyl (C=O) groups excluding carboxylic acids is 1. The van der Waals surface area contributed by atoms with Gasteiger partial charge in [0, 0.05) is 6.42 Å². The summed E-state index contributed by atoms with van der Waals surface area (Å²) in [6, 6.07) is 3.43. The van der Waals surface area contributed by atoms with Gasteiger partial charge in [-0.1, -0.05) is 13.8 Å². The summed E-state index contributed by atoms with van der Waals surface area (Å²) in [6.07, 6.45) is 0.525. The normalized spacial score (nSPS) is 10.8. The van der Waals surface area contributed by atoms with Crippen LogP contribution < -0.4 is 5.73 Å². The maximum Gasteiger partial charge on any atom is 0.198 e. The lowest BCUT2D eigenvalue weighted by Crippen LogP contribution is -2.02. The van der Waals surface area contributed by atoms with E-state index in [0.29, 0.717) is 30.4 Å². The maximum absolute atomic E-state index is 11.4. The van der Waals surface area contributed by atoms with E-state index in [9.17, 15) is 4.79 Å². The van der Waals surface area contributed by atoms with Gasteiger partial charge in [-0.05, 0) is 18.1 Å². The topological polar surface area (TPSA) is 56.2 Å². The predicted molar refractivity (Wildman–Crippen MR) is 50.4 cm³/mol. The molecule has 2 N–H and O–H groups in total. The molecule has 1 aromatic rings. The molecule has 0 aliphatic heterocycles. The number of Topliss-reactive ketones (excluding diaryl/α,β-unsaturated/α-hetero) is 1. The molecule has 1 aromatic heterocycles. The molecule has 0 aliphatic rings. The number of hydrogen-bond acceptors (Lipinski definition) is 3. The Kier molecular flexibility index (Phi) is 3.25. The molecule has 0 saturated carbocycles. The number of nitrogens with two attached hydrogens (primary N) is 1. The zero-order valence-corrected chi connectivity index (χ0v) is 8.04. The first-order valence-electron chi connectivity index (χ1n) is 4.45. The van der Waals surface area contributed by atoms with Crippen molar-refractivity contribution < 1.29 is 9.21 Å². The first kappa shape index (κ1) is 9.99. The summed E-state index contributed by atoms with van der Waals surface area (Å²) < 4.78 is 5.22. The number of rotatable bonds is 4. The molecule has 1 heterocycles. The van der Waals surface area contributed by atoms with Crippen molar-refractivity contribution in [3.05, 3.63) is 23.7 Å². The average Bonchev–Trinajstić information content (AvgIpc) is 2.50. The Morgan fingerprint density at radius 1 is 1.54 bits per heavy atom. The van der Waals surface area contributed by atoms with E-state index in [1.54, 1.807) is 12.1 Å². The fraction of sp³-hybridized carbons (Fsp3) is 0.500. The molecule has 72 valence electrons. The molecule has 0 unspecified atom stereocenters. The largest absolute Gasteiger partial charge is 0.457 e. The fourth-order valence-corrected chi connectivity index (χ4v) is 1.11. The molecule has 1 rings (SSSR count). The summed E-state index contributed by atoms with van der Waals surface area (Å²) in [7, 11) is 0. The second kappa shape index (κ2) is 4.23. The van der Waals surface area contributed by atoms with Crippen LogP contribution in [0.15, 0.2) is 16.5 Å². The lowest BCUT2D eigenvalue weighted by Gasteiger charge is -2.00. The van der Waals surface area contributed by atoms with Crippen molar-refractivity contribution in [1.29, 1.82) is 0 Å². The van der Waals surface area contributed by atoms with E-state index < -0.39 is 0 Å². The highest BCUT2D eigenvalue weighted by atomic mass is 16.3. The third-order valence-electron chi connectivity index (χ3n) is 1.73. The zero-order chi connectivity index (χ0) is 9.84. The van der Waals surface area contributed by atoms with Crippen LogP contribution in [0.4, 0.5) is 0 Å². The quantitative estimate of drug-likeness (QED) is 0.722. The third kappa shape index (κ3) is 2.70. The van der Waals surface area contributed by atoms with Crippen LogP contribution in [-0.4, -0.2) is 5.78 Å². The van der Waals surface area contributed by atoms with Crippen LogP contribution >= 0.6 is 0 Å². The standard InChI is InChI=1S/C10H15NO2/c1-7(2)5-9(12)10-4-3-8(6-11)13-10/h3-4,7H,5-6,11H2,1-2H3. The molecule has 0 radical (unpaired) electrons. The van der Waals surface area contributed by atoms with E-state index in [4.69, 9.17) is 10.2 Å². The van der Waals surface area contributed by atoms with Crippen LogP contribution in [0.3, 0.4) is 0 Å². The molecular formula is C10H15NO2. The van der Waals surface area contributed by atoms with Crippen LogP contribution in [0, 0.1) is 5.92 Å². The predicted octanol–water partition coefficient (Wildman–Crippen LogP) is 1.97. The fourth-order valence-electron chi connectivity index (χ4n) is 1.11. The molecule has 0 amide bonds. The van der Waals surface area contributed by atoms with Gasteiger partial charge in [0.15, 0.2) is 11.5 Å². The van der Waals surface area contributed by atoms with Crippen LogP contribution in [-0.2, 0) is 6.54 Å². The Bertz CT molecular complexity index is 289. The molecule has 0 aromatic carbocycles. The van der Waals surface area contributed by atoms with E-state index in [1.165, 1.54) is 0 Å². The van der Waals surface area contributed by atoms with E-state index in [-0.39, 0.29) is 5.78 Å². The minimum absolute atomic E-state index is 0.0506. The van der Waals surface area contributed by atoms with Crippen molar-refractivity contribution in [1.82, 2.24) is 0 Å². The Hall–Kier alpha value is -1.09. The van der Waals surface area contributed by atoms with Crippen molar-refractivity contribution in [2.24, 2.45) is 11.7 Å². The van der Waals surface area contributed by atoms with Crippen molar-refractivity contribution >= 4 is 5.78 Å². The highest BCUT2D eigenvalue weighted by molar-refractivity contribution is 5.93. The van der Waals surface area contributed by atoms with Gasteiger partial charge in [0.25, 0.3) is 0 Å². The van der Waals surface area contributed by atoms with Crippen LogP contribution in [0.25, 0.3) is 0 Å². The van der Waals surface area contributed by atoms with Crippen LogP contribution in [0.2, 0.25) is 0 Å². The monoisotopic (exact) mass is 181 g/mol. The van der Waals surface area contributed by atoms with Crippen molar-refractivity contribution in [3.63, 3.8) is 0 Å². The molecular weight excluding hydrogens is 166 g/mol. The highest BCUT2D eigenvalue weighted by Crippen LogP contribution is 2.12. The van der Waals surface area contributed by atoms with Crippen LogP contribution in [0.1, 0.15) is 36.6 Å². The number of ketones is 1. The van der Waals surface area contributed by atoms with Crippen molar-refractivity contribution in [2.45, 2.75) is 26.8 Å². The lowest BCUT2D eigenvalue weighted by molar-refractivity contribution is 0.0939. The van der Waals surface area contributed by atoms with Crippen molar-refractivity contribution in [2.75, 3.05) is 0 Å². The Morgan fingerprint density at radius 3 is 2.69 bits per heavy atom. The summed E-state index contributed by atoms with van der Waals surface area (Å²) in [6.45, 7) is 4.35. The summed E-state index contributed by atoms with van der Waals surface area (Å²) in [5.74, 6) is 1.50. The maximum atomic E-state index is 11.4. The van der Waals surface area contributed by atoms with Crippen molar-refractivity contribution in [3.8, 4) is 0 Å².